The van der Waals surface area contributed by atoms with Crippen LogP contribution < -0.4 is 0 Å². The molecule has 5 rings (SSSR count). The van der Waals surface area contributed by atoms with Gasteiger partial charge in [-0.05, 0) is 54.5 Å². The van der Waals surface area contributed by atoms with Gasteiger partial charge in [0.1, 0.15) is 0 Å². The second kappa shape index (κ2) is 7.16. The van der Waals surface area contributed by atoms with Crippen LogP contribution in [-0.2, 0) is 0 Å². The number of pyridine rings is 1. The summed E-state index contributed by atoms with van der Waals surface area (Å²) in [5.74, 6) is 1.65. The molecule has 1 saturated carbocycles. The first-order valence-electron chi connectivity index (χ1n) is 9.17. The fourth-order valence-corrected chi connectivity index (χ4v) is 4.13. The average Bonchev–Trinajstić information content (AvgIpc) is 3.30. The first-order valence-corrected chi connectivity index (χ1v) is 10.0. The van der Waals surface area contributed by atoms with E-state index in [4.69, 9.17) is 0 Å². The first-order chi connectivity index (χ1) is 13.8. The highest BCUT2D eigenvalue weighted by Crippen LogP contribution is 2.43. The fourth-order valence-electron chi connectivity index (χ4n) is 3.12. The molecule has 3 heterocycles. The molecule has 0 amide bonds. The van der Waals surface area contributed by atoms with Gasteiger partial charge in [-0.1, -0.05) is 30.0 Å². The molecule has 28 heavy (non-hydrogen) atoms. The molecule has 1 unspecified atom stereocenters. The summed E-state index contributed by atoms with van der Waals surface area (Å²) in [5.41, 5.74) is 1.92. The molecular formula is C19H18N8S. The van der Waals surface area contributed by atoms with Crippen LogP contribution >= 0.6 is 11.8 Å². The summed E-state index contributed by atoms with van der Waals surface area (Å²) in [4.78, 5) is 4.22. The fraction of sp³-hybridized carbons (Fsp3) is 0.263. The van der Waals surface area contributed by atoms with E-state index >= 15 is 0 Å². The van der Waals surface area contributed by atoms with Crippen LogP contribution in [0.2, 0.25) is 0 Å². The van der Waals surface area contributed by atoms with Crippen molar-refractivity contribution in [2.75, 3.05) is 0 Å². The molecule has 0 N–H and O–H groups in total. The monoisotopic (exact) mass is 390 g/mol. The van der Waals surface area contributed by atoms with E-state index in [1.165, 1.54) is 0 Å². The summed E-state index contributed by atoms with van der Waals surface area (Å²) in [7, 11) is 0. The minimum absolute atomic E-state index is 0.0126. The van der Waals surface area contributed by atoms with Crippen molar-refractivity contribution in [3.05, 3.63) is 60.7 Å². The molecular weight excluding hydrogens is 372 g/mol. The van der Waals surface area contributed by atoms with E-state index in [1.807, 2.05) is 48.7 Å². The van der Waals surface area contributed by atoms with Gasteiger partial charge in [-0.15, -0.1) is 15.3 Å². The van der Waals surface area contributed by atoms with Crippen molar-refractivity contribution in [3.8, 4) is 17.1 Å². The summed E-state index contributed by atoms with van der Waals surface area (Å²) < 4.78 is 4.01. The van der Waals surface area contributed by atoms with Gasteiger partial charge in [-0.2, -0.15) is 4.68 Å². The molecule has 3 aromatic heterocycles. The molecule has 1 fully saturated rings. The number of hydrogen-bond donors (Lipinski definition) is 0. The van der Waals surface area contributed by atoms with Gasteiger partial charge in [0.05, 0.1) is 10.9 Å². The molecule has 8 nitrogen and oxygen atoms in total. The van der Waals surface area contributed by atoms with Crippen molar-refractivity contribution >= 4 is 11.8 Å². The van der Waals surface area contributed by atoms with E-state index in [2.05, 4.69) is 42.2 Å². The van der Waals surface area contributed by atoms with Gasteiger partial charge in [0.25, 0.3) is 0 Å². The van der Waals surface area contributed by atoms with E-state index in [0.717, 1.165) is 40.9 Å². The predicted octanol–water partition coefficient (Wildman–Crippen LogP) is 3.50. The Kier molecular flexibility index (Phi) is 4.36. The van der Waals surface area contributed by atoms with Gasteiger partial charge in [0.15, 0.2) is 16.8 Å². The van der Waals surface area contributed by atoms with Gasteiger partial charge >= 0.3 is 0 Å². The second-order valence-electron chi connectivity index (χ2n) is 6.69. The van der Waals surface area contributed by atoms with E-state index in [-0.39, 0.29) is 5.25 Å². The van der Waals surface area contributed by atoms with Crippen molar-refractivity contribution in [3.63, 3.8) is 0 Å². The topological polar surface area (TPSA) is 87.2 Å². The van der Waals surface area contributed by atoms with Gasteiger partial charge < -0.3 is 0 Å². The van der Waals surface area contributed by atoms with Gasteiger partial charge in [-0.25, -0.2) is 0 Å². The third kappa shape index (κ3) is 3.18. The maximum Gasteiger partial charge on any atom is 0.192 e. The molecule has 140 valence electrons. The van der Waals surface area contributed by atoms with Crippen LogP contribution in [-0.4, -0.2) is 40.0 Å². The molecule has 0 radical (unpaired) electrons. The summed E-state index contributed by atoms with van der Waals surface area (Å²) in [6.45, 7) is 2.09. The van der Waals surface area contributed by atoms with Crippen LogP contribution in [0, 0.1) is 0 Å². The lowest BCUT2D eigenvalue weighted by Crippen LogP contribution is -2.06. The zero-order chi connectivity index (χ0) is 18.9. The first kappa shape index (κ1) is 17.1. The van der Waals surface area contributed by atoms with Crippen molar-refractivity contribution in [1.82, 2.24) is 40.0 Å². The highest BCUT2D eigenvalue weighted by atomic mass is 32.2. The predicted molar refractivity (Wildman–Crippen MR) is 105 cm³/mol. The van der Waals surface area contributed by atoms with Crippen molar-refractivity contribution < 1.29 is 0 Å². The molecule has 4 aromatic rings. The molecule has 1 aromatic carbocycles. The number of rotatable bonds is 6. The molecule has 0 spiro atoms. The maximum atomic E-state index is 4.48. The van der Waals surface area contributed by atoms with Gasteiger partial charge in [-0.3, -0.25) is 9.55 Å². The van der Waals surface area contributed by atoms with Crippen LogP contribution in [0.15, 0.2) is 60.0 Å². The van der Waals surface area contributed by atoms with Crippen molar-refractivity contribution in [2.45, 2.75) is 36.2 Å². The second-order valence-corrected chi connectivity index (χ2v) is 8.00. The van der Waals surface area contributed by atoms with Gasteiger partial charge in [0.2, 0.25) is 0 Å². The molecule has 0 saturated heterocycles. The number of tetrazole rings is 1. The summed E-state index contributed by atoms with van der Waals surface area (Å²) >= 11 is 1.63. The lowest BCUT2D eigenvalue weighted by Gasteiger charge is -2.13. The quantitative estimate of drug-likeness (QED) is 0.466. The molecule has 1 aliphatic carbocycles. The Labute approximate surface area is 166 Å². The molecule has 0 aliphatic heterocycles. The molecule has 1 atom stereocenters. The molecule has 1 aliphatic rings. The standard InChI is InChI=1S/C19H18N8S/c1-13(17-22-24-25-27(17)16-7-3-2-4-8-16)28-19-23-21-18(26(19)15-9-10-15)14-6-5-11-20-12-14/h2-8,11-13,15H,9-10H2,1H3. The summed E-state index contributed by atoms with van der Waals surface area (Å²) in [6, 6.07) is 14.3. The number of thioether (sulfide) groups is 1. The lowest BCUT2D eigenvalue weighted by atomic mass is 10.3. The molecule has 9 heteroatoms. The Hall–Kier alpha value is -3.07. The smallest absolute Gasteiger partial charge is 0.192 e. The Morgan fingerprint density at radius 3 is 2.64 bits per heavy atom. The van der Waals surface area contributed by atoms with E-state index in [9.17, 15) is 0 Å². The Bertz CT molecular complexity index is 1070. The van der Waals surface area contributed by atoms with Crippen LogP contribution in [0.1, 0.15) is 36.9 Å². The number of aromatic nitrogens is 8. The van der Waals surface area contributed by atoms with Crippen molar-refractivity contribution in [2.24, 2.45) is 0 Å². The van der Waals surface area contributed by atoms with Gasteiger partial charge in [0, 0.05) is 24.0 Å². The van der Waals surface area contributed by atoms with E-state index < -0.39 is 0 Å². The highest BCUT2D eigenvalue weighted by molar-refractivity contribution is 7.99. The zero-order valence-corrected chi connectivity index (χ0v) is 16.1. The zero-order valence-electron chi connectivity index (χ0n) is 15.3. The number of benzene rings is 1. The van der Waals surface area contributed by atoms with Crippen LogP contribution in [0.5, 0.6) is 0 Å². The largest absolute Gasteiger partial charge is 0.299 e. The third-order valence-corrected chi connectivity index (χ3v) is 5.69. The summed E-state index contributed by atoms with van der Waals surface area (Å²) in [5, 5.41) is 22.1. The number of para-hydroxylation sites is 1. The Morgan fingerprint density at radius 1 is 1.04 bits per heavy atom. The lowest BCUT2D eigenvalue weighted by molar-refractivity contribution is 0.666. The summed E-state index contributed by atoms with van der Waals surface area (Å²) in [6.07, 6.45) is 5.89. The highest BCUT2D eigenvalue weighted by Gasteiger charge is 2.31. The van der Waals surface area contributed by atoms with Crippen LogP contribution in [0.4, 0.5) is 0 Å². The average molecular weight is 390 g/mol. The Balaban J connectivity index is 1.46. The number of hydrogen-bond acceptors (Lipinski definition) is 7. The SMILES string of the molecule is CC(Sc1nnc(-c2cccnc2)n1C1CC1)c1nnnn1-c1ccccc1. The van der Waals surface area contributed by atoms with E-state index in [0.29, 0.717) is 6.04 Å². The van der Waals surface area contributed by atoms with E-state index in [1.54, 1.807) is 22.6 Å². The van der Waals surface area contributed by atoms with Crippen molar-refractivity contribution in [1.29, 1.82) is 0 Å². The third-order valence-electron chi connectivity index (χ3n) is 4.64. The minimum Gasteiger partial charge on any atom is -0.299 e. The maximum absolute atomic E-state index is 4.48. The Morgan fingerprint density at radius 2 is 1.89 bits per heavy atom. The minimum atomic E-state index is 0.0126. The molecule has 0 bridgehead atoms. The normalized spacial score (nSPS) is 14.9. The van der Waals surface area contributed by atoms with Crippen LogP contribution in [0.3, 0.4) is 0 Å². The van der Waals surface area contributed by atoms with Crippen LogP contribution in [0.25, 0.3) is 17.1 Å². The number of nitrogens with zero attached hydrogens (tertiary/aromatic N) is 8.